The van der Waals surface area contributed by atoms with E-state index in [1.807, 2.05) is 30.7 Å². The molecule has 7 aliphatic rings. The largest absolute Gasteiger partial charge is 0.391 e. The molecule has 3 fully saturated rings. The van der Waals surface area contributed by atoms with Gasteiger partial charge in [-0.25, -0.2) is 15.0 Å². The highest BCUT2D eigenvalue weighted by atomic mass is 16.3. The Morgan fingerprint density at radius 3 is 2.62 bits per heavy atom. The number of piperazine rings is 1. The van der Waals surface area contributed by atoms with Crippen LogP contribution in [0.2, 0.25) is 0 Å². The minimum absolute atomic E-state index is 0.241. The van der Waals surface area contributed by atoms with Crippen LogP contribution < -0.4 is 15.5 Å². The molecule has 1 aliphatic carbocycles. The summed E-state index contributed by atoms with van der Waals surface area (Å²) in [5.74, 6) is 1.49. The second-order valence-corrected chi connectivity index (χ2v) is 11.7. The zero-order valence-electron chi connectivity index (χ0n) is 22.5. The lowest BCUT2D eigenvalue weighted by Gasteiger charge is -2.40. The lowest BCUT2D eigenvalue weighted by molar-refractivity contribution is 0.0801. The van der Waals surface area contributed by atoms with Gasteiger partial charge in [-0.3, -0.25) is 9.80 Å². The van der Waals surface area contributed by atoms with Crippen molar-refractivity contribution in [1.82, 2.24) is 30.1 Å². The van der Waals surface area contributed by atoms with Crippen molar-refractivity contribution in [2.45, 2.75) is 49.9 Å². The summed E-state index contributed by atoms with van der Waals surface area (Å²) in [6.45, 7) is 8.02. The van der Waals surface area contributed by atoms with Crippen LogP contribution in [0, 0.1) is 0 Å². The first-order chi connectivity index (χ1) is 19.1. The Hall–Kier alpha value is -3.11. The van der Waals surface area contributed by atoms with Crippen molar-refractivity contribution in [2.75, 3.05) is 56.0 Å². The number of anilines is 3. The SMILES string of the molecule is OC1CC2CCNCC3(CC3)N3CCN(CC3)Cc3cccc(c3)Nc3cc(ccn3)-c3cnc(nc3)N2C1. The number of hydrogen-bond donors (Lipinski definition) is 3. The minimum atomic E-state index is -0.338. The molecule has 2 aromatic heterocycles. The van der Waals surface area contributed by atoms with Crippen LogP contribution in [-0.4, -0.2) is 93.4 Å². The summed E-state index contributed by atoms with van der Waals surface area (Å²) in [5, 5.41) is 17.7. The number of nitrogens with zero attached hydrogens (tertiary/aromatic N) is 6. The highest BCUT2D eigenvalue weighted by molar-refractivity contribution is 5.68. The number of aliphatic hydroxyl groups excluding tert-OH is 1. The summed E-state index contributed by atoms with van der Waals surface area (Å²) in [6, 6.07) is 13.0. The zero-order valence-corrected chi connectivity index (χ0v) is 22.5. The quantitative estimate of drug-likeness (QED) is 0.409. The van der Waals surface area contributed by atoms with E-state index in [0.717, 1.165) is 81.3 Å². The van der Waals surface area contributed by atoms with Gasteiger partial charge in [0.2, 0.25) is 5.95 Å². The highest BCUT2D eigenvalue weighted by Crippen LogP contribution is 2.41. The fraction of sp³-hybridized carbons (Fsp3) is 0.500. The van der Waals surface area contributed by atoms with Gasteiger partial charge in [0.25, 0.3) is 0 Å². The molecule has 204 valence electrons. The number of nitrogens with one attached hydrogen (secondary N) is 2. The van der Waals surface area contributed by atoms with Gasteiger partial charge in [0.1, 0.15) is 5.82 Å². The van der Waals surface area contributed by atoms with E-state index in [4.69, 9.17) is 9.97 Å². The van der Waals surface area contributed by atoms with Gasteiger partial charge in [0.05, 0.1) is 6.10 Å². The summed E-state index contributed by atoms with van der Waals surface area (Å²) in [6.07, 6.45) is 9.57. The van der Waals surface area contributed by atoms with E-state index in [1.165, 1.54) is 18.4 Å². The van der Waals surface area contributed by atoms with Crippen LogP contribution in [0.25, 0.3) is 11.1 Å². The molecule has 3 aromatic rings. The summed E-state index contributed by atoms with van der Waals surface area (Å²) in [7, 11) is 0. The lowest BCUT2D eigenvalue weighted by Crippen LogP contribution is -2.54. The smallest absolute Gasteiger partial charge is 0.225 e. The Bertz CT molecular complexity index is 1290. The Kier molecular flexibility index (Phi) is 6.68. The van der Waals surface area contributed by atoms with Crippen LogP contribution in [0.3, 0.4) is 0 Å². The molecule has 0 amide bonds. The van der Waals surface area contributed by atoms with E-state index in [0.29, 0.717) is 18.0 Å². The van der Waals surface area contributed by atoms with Gasteiger partial charge in [0.15, 0.2) is 0 Å². The average molecular weight is 527 g/mol. The van der Waals surface area contributed by atoms with Crippen LogP contribution >= 0.6 is 0 Å². The van der Waals surface area contributed by atoms with Crippen LogP contribution in [0.1, 0.15) is 31.2 Å². The molecule has 39 heavy (non-hydrogen) atoms. The second kappa shape index (κ2) is 10.5. The molecule has 2 unspecified atom stereocenters. The molecule has 2 atom stereocenters. The zero-order chi connectivity index (χ0) is 26.2. The standard InChI is InChI=1S/C30H38N8O/c39-27-16-26-5-8-31-21-30(6-7-30)37-12-10-36(11-13-37)19-22-2-1-3-25(14-22)35-28-15-23(4-9-32-28)24-17-33-29(34-18-24)38(26)20-27/h1-4,9,14-15,17-18,26-27,31,39H,5-8,10-13,16,19-21H2,(H,32,35). The lowest BCUT2D eigenvalue weighted by atomic mass is 10.1. The van der Waals surface area contributed by atoms with Crippen molar-refractivity contribution >= 4 is 17.5 Å². The maximum Gasteiger partial charge on any atom is 0.225 e. The van der Waals surface area contributed by atoms with Gasteiger partial charge in [-0.2, -0.15) is 0 Å². The summed E-state index contributed by atoms with van der Waals surface area (Å²) in [5.41, 5.74) is 4.66. The molecular formula is C30H38N8O. The second-order valence-electron chi connectivity index (χ2n) is 11.7. The van der Waals surface area contributed by atoms with E-state index in [-0.39, 0.29) is 12.1 Å². The number of aliphatic hydroxyl groups is 1. The van der Waals surface area contributed by atoms with E-state index >= 15 is 0 Å². The molecule has 1 saturated carbocycles. The molecule has 6 aliphatic heterocycles. The molecule has 8 heterocycles. The van der Waals surface area contributed by atoms with E-state index in [9.17, 15) is 5.11 Å². The van der Waals surface area contributed by atoms with Crippen molar-refractivity contribution in [3.05, 3.63) is 60.6 Å². The Labute approximate surface area is 230 Å². The third-order valence-corrected chi connectivity index (χ3v) is 8.96. The van der Waals surface area contributed by atoms with Gasteiger partial charge in [0, 0.05) is 87.2 Å². The first-order valence-electron chi connectivity index (χ1n) is 14.4. The predicted molar refractivity (Wildman–Crippen MR) is 153 cm³/mol. The van der Waals surface area contributed by atoms with E-state index < -0.39 is 0 Å². The summed E-state index contributed by atoms with van der Waals surface area (Å²) in [4.78, 5) is 21.5. The maximum absolute atomic E-state index is 10.5. The average Bonchev–Trinajstić information content (AvgIpc) is 3.66. The third kappa shape index (κ3) is 5.36. The molecule has 8 bridgehead atoms. The summed E-state index contributed by atoms with van der Waals surface area (Å²) < 4.78 is 0. The molecular weight excluding hydrogens is 488 g/mol. The predicted octanol–water partition coefficient (Wildman–Crippen LogP) is 2.87. The molecule has 10 rings (SSSR count). The van der Waals surface area contributed by atoms with Gasteiger partial charge in [-0.1, -0.05) is 12.1 Å². The third-order valence-electron chi connectivity index (χ3n) is 8.96. The van der Waals surface area contributed by atoms with Gasteiger partial charge >= 0.3 is 0 Å². The Morgan fingerprint density at radius 1 is 0.949 bits per heavy atom. The molecule has 3 N–H and O–H groups in total. The Balaban J connectivity index is 1.16. The molecule has 1 spiro atoms. The fourth-order valence-electron chi connectivity index (χ4n) is 6.58. The molecule has 9 nitrogen and oxygen atoms in total. The van der Waals surface area contributed by atoms with E-state index in [2.05, 4.69) is 54.6 Å². The van der Waals surface area contributed by atoms with Crippen molar-refractivity contribution in [1.29, 1.82) is 0 Å². The number of hydrogen-bond acceptors (Lipinski definition) is 9. The van der Waals surface area contributed by atoms with Crippen molar-refractivity contribution in [2.24, 2.45) is 0 Å². The van der Waals surface area contributed by atoms with Crippen molar-refractivity contribution in [3.63, 3.8) is 0 Å². The summed E-state index contributed by atoms with van der Waals surface area (Å²) >= 11 is 0. The number of benzene rings is 1. The number of aromatic nitrogens is 3. The van der Waals surface area contributed by atoms with Crippen LogP contribution in [0.4, 0.5) is 17.5 Å². The first kappa shape index (κ1) is 24.9. The van der Waals surface area contributed by atoms with Crippen molar-refractivity contribution < 1.29 is 5.11 Å². The Morgan fingerprint density at radius 2 is 1.79 bits per heavy atom. The molecule has 0 radical (unpaired) electrons. The molecule has 9 heteroatoms. The normalized spacial score (nSPS) is 28.2. The topological polar surface area (TPSA) is 92.7 Å². The molecule has 2 saturated heterocycles. The van der Waals surface area contributed by atoms with Crippen LogP contribution in [-0.2, 0) is 6.54 Å². The van der Waals surface area contributed by atoms with Crippen LogP contribution in [0.15, 0.2) is 55.0 Å². The number of pyridine rings is 1. The monoisotopic (exact) mass is 526 g/mol. The first-order valence-corrected chi connectivity index (χ1v) is 14.4. The van der Waals surface area contributed by atoms with Gasteiger partial charge in [-0.05, 0) is 67.6 Å². The highest BCUT2D eigenvalue weighted by Gasteiger charge is 2.48. The van der Waals surface area contributed by atoms with Crippen molar-refractivity contribution in [3.8, 4) is 11.1 Å². The van der Waals surface area contributed by atoms with E-state index in [1.54, 1.807) is 0 Å². The maximum atomic E-state index is 10.5. The van der Waals surface area contributed by atoms with Gasteiger partial charge < -0.3 is 20.6 Å². The van der Waals surface area contributed by atoms with Gasteiger partial charge in [-0.15, -0.1) is 0 Å². The van der Waals surface area contributed by atoms with Crippen LogP contribution in [0.5, 0.6) is 0 Å². The fourth-order valence-corrected chi connectivity index (χ4v) is 6.58. The minimum Gasteiger partial charge on any atom is -0.391 e. The number of rotatable bonds is 0. The molecule has 1 aromatic carbocycles.